The normalized spacial score (nSPS) is 17.3. The van der Waals surface area contributed by atoms with Crippen LogP contribution in [0.4, 0.5) is 23.0 Å². The summed E-state index contributed by atoms with van der Waals surface area (Å²) in [5.41, 5.74) is 4.28. The quantitative estimate of drug-likeness (QED) is 0.382. The van der Waals surface area contributed by atoms with Crippen molar-refractivity contribution >= 4 is 51.7 Å². The molecular weight excluding hydrogens is 504 g/mol. The number of amidine groups is 2. The molecule has 4 aromatic heterocycles. The molecule has 1 fully saturated rings. The first-order valence-electron chi connectivity index (χ1n) is 13.6. The average Bonchev–Trinajstić information content (AvgIpc) is 3.72. The lowest BCUT2D eigenvalue weighted by atomic mass is 10.1. The molecule has 0 saturated carbocycles. The lowest BCUT2D eigenvalue weighted by molar-refractivity contribution is 0.520. The Morgan fingerprint density at radius 2 is 1.30 bits per heavy atom. The van der Waals surface area contributed by atoms with E-state index in [0.29, 0.717) is 34.2 Å². The fraction of sp³-hybridized carbons (Fsp3) is 0.393. The van der Waals surface area contributed by atoms with Crippen LogP contribution < -0.4 is 9.80 Å². The summed E-state index contributed by atoms with van der Waals surface area (Å²) in [4.78, 5) is 30.4. The third-order valence-corrected chi connectivity index (χ3v) is 6.66. The van der Waals surface area contributed by atoms with E-state index in [0.717, 1.165) is 49.0 Å². The SMILES string of the molecule is CC.CC1=CC(=Nc2cnn3c(N(C)C)ccnc23)C(=Nc2cnn3c(N(C)C)ccnc23)N=C1N1CCCC1. The van der Waals surface area contributed by atoms with Crippen LogP contribution >= 0.6 is 0 Å². The topological polar surface area (TPSA) is 107 Å². The fourth-order valence-corrected chi connectivity index (χ4v) is 4.81. The van der Waals surface area contributed by atoms with E-state index in [9.17, 15) is 0 Å². The van der Waals surface area contributed by atoms with E-state index in [1.54, 1.807) is 33.8 Å². The fourth-order valence-electron chi connectivity index (χ4n) is 4.81. The van der Waals surface area contributed by atoms with Crippen LogP contribution in [0.3, 0.4) is 0 Å². The van der Waals surface area contributed by atoms with Gasteiger partial charge in [0.2, 0.25) is 0 Å². The molecule has 0 aliphatic carbocycles. The van der Waals surface area contributed by atoms with E-state index < -0.39 is 0 Å². The van der Waals surface area contributed by atoms with Gasteiger partial charge in [0.1, 0.15) is 34.6 Å². The summed E-state index contributed by atoms with van der Waals surface area (Å²) >= 11 is 0. The highest BCUT2D eigenvalue weighted by atomic mass is 15.3. The smallest absolute Gasteiger partial charge is 0.183 e. The van der Waals surface area contributed by atoms with Crippen LogP contribution in [0.2, 0.25) is 0 Å². The molecule has 0 spiro atoms. The maximum atomic E-state index is 5.03. The monoisotopic (exact) mass is 540 g/mol. The van der Waals surface area contributed by atoms with Gasteiger partial charge in [-0.3, -0.25) is 0 Å². The summed E-state index contributed by atoms with van der Waals surface area (Å²) in [6.07, 6.45) is 11.3. The van der Waals surface area contributed by atoms with Crippen LogP contribution in [-0.2, 0) is 0 Å². The number of dihydropyridines is 1. The van der Waals surface area contributed by atoms with Gasteiger partial charge in [-0.1, -0.05) is 13.8 Å². The molecule has 0 unspecified atom stereocenters. The van der Waals surface area contributed by atoms with Gasteiger partial charge >= 0.3 is 0 Å². The zero-order valence-corrected chi connectivity index (χ0v) is 24.2. The van der Waals surface area contributed by atoms with Crippen LogP contribution in [-0.4, -0.2) is 92.8 Å². The Morgan fingerprint density at radius 3 is 1.82 bits per heavy atom. The number of likely N-dealkylation sites (tertiary alicyclic amines) is 1. The van der Waals surface area contributed by atoms with Crippen molar-refractivity contribution in [2.75, 3.05) is 51.1 Å². The van der Waals surface area contributed by atoms with E-state index in [1.807, 2.05) is 70.0 Å². The number of hydrogen-bond acceptors (Lipinski definition) is 9. The standard InChI is InChI=1S/C26H30N12.C2H6/c1-17-14-18(31-19-15-29-37-21(34(2)3)8-10-27-25(19)37)23(33-24(17)36-12-6-7-13-36)32-20-16-30-38-22(35(4)5)9-11-28-26(20)38;1-2/h8-11,14-16H,6-7,12-13H2,1-5H3;1-2H3. The number of anilines is 2. The molecular formula is C28H36N12. The van der Waals surface area contributed by atoms with Crippen LogP contribution in [0.25, 0.3) is 11.3 Å². The Hall–Kier alpha value is -4.61. The van der Waals surface area contributed by atoms with Gasteiger partial charge in [0.25, 0.3) is 0 Å². The molecule has 0 atom stereocenters. The zero-order chi connectivity index (χ0) is 28.4. The van der Waals surface area contributed by atoms with Crippen molar-refractivity contribution in [3.63, 3.8) is 0 Å². The molecule has 0 radical (unpaired) electrons. The predicted octanol–water partition coefficient (Wildman–Crippen LogP) is 4.19. The lowest BCUT2D eigenvalue weighted by Gasteiger charge is -2.23. The molecule has 0 bridgehead atoms. The van der Waals surface area contributed by atoms with E-state index >= 15 is 0 Å². The van der Waals surface area contributed by atoms with E-state index in [4.69, 9.17) is 15.0 Å². The molecule has 6 heterocycles. The average molecular weight is 541 g/mol. The number of aliphatic imine (C=N–C) groups is 3. The summed E-state index contributed by atoms with van der Waals surface area (Å²) in [5, 5.41) is 9.09. The molecule has 0 aromatic carbocycles. The highest BCUT2D eigenvalue weighted by molar-refractivity contribution is 6.50. The van der Waals surface area contributed by atoms with Crippen molar-refractivity contribution < 1.29 is 0 Å². The largest absolute Gasteiger partial charge is 0.363 e. The molecule has 40 heavy (non-hydrogen) atoms. The summed E-state index contributed by atoms with van der Waals surface area (Å²) in [6, 6.07) is 3.83. The van der Waals surface area contributed by atoms with Gasteiger partial charge in [0.15, 0.2) is 17.1 Å². The van der Waals surface area contributed by atoms with Crippen molar-refractivity contribution in [1.82, 2.24) is 34.1 Å². The van der Waals surface area contributed by atoms with Crippen LogP contribution in [0.1, 0.15) is 33.6 Å². The van der Waals surface area contributed by atoms with Crippen molar-refractivity contribution in [1.29, 1.82) is 0 Å². The van der Waals surface area contributed by atoms with Crippen molar-refractivity contribution in [3.8, 4) is 0 Å². The summed E-state index contributed by atoms with van der Waals surface area (Å²) in [5.74, 6) is 3.26. The molecule has 12 nitrogen and oxygen atoms in total. The molecule has 208 valence electrons. The zero-order valence-electron chi connectivity index (χ0n) is 24.2. The molecule has 0 amide bonds. The number of nitrogens with zero attached hydrogens (tertiary/aromatic N) is 12. The summed E-state index contributed by atoms with van der Waals surface area (Å²) < 4.78 is 3.57. The van der Waals surface area contributed by atoms with Crippen molar-refractivity contribution in [2.24, 2.45) is 15.0 Å². The first kappa shape index (κ1) is 27.0. The molecule has 2 aliphatic heterocycles. The van der Waals surface area contributed by atoms with Gasteiger partial charge < -0.3 is 14.7 Å². The first-order chi connectivity index (χ1) is 19.4. The second-order valence-electron chi connectivity index (χ2n) is 9.81. The number of rotatable bonds is 4. The van der Waals surface area contributed by atoms with Gasteiger partial charge in [-0.05, 0) is 43.5 Å². The second-order valence-corrected chi connectivity index (χ2v) is 9.81. The van der Waals surface area contributed by atoms with Crippen molar-refractivity contribution in [3.05, 3.63) is 48.6 Å². The van der Waals surface area contributed by atoms with Gasteiger partial charge in [-0.15, -0.1) is 0 Å². The minimum Gasteiger partial charge on any atom is -0.363 e. The molecule has 2 aliphatic rings. The Balaban J connectivity index is 0.00000158. The predicted molar refractivity (Wildman–Crippen MR) is 162 cm³/mol. The number of aromatic nitrogens is 6. The van der Waals surface area contributed by atoms with E-state index in [1.165, 1.54) is 0 Å². The number of fused-ring (bicyclic) bond motifs is 2. The third kappa shape index (κ3) is 4.92. The minimum atomic E-state index is 0.507. The van der Waals surface area contributed by atoms with Gasteiger partial charge in [0.05, 0.1) is 12.4 Å². The first-order valence-corrected chi connectivity index (χ1v) is 13.6. The number of hydrogen-bond donors (Lipinski definition) is 0. The van der Waals surface area contributed by atoms with Crippen LogP contribution in [0.15, 0.2) is 63.5 Å². The Kier molecular flexibility index (Phi) is 7.58. The van der Waals surface area contributed by atoms with Gasteiger partial charge in [-0.25, -0.2) is 24.9 Å². The minimum absolute atomic E-state index is 0.507. The van der Waals surface area contributed by atoms with Gasteiger partial charge in [-0.2, -0.15) is 19.2 Å². The van der Waals surface area contributed by atoms with Gasteiger partial charge in [0, 0.05) is 53.7 Å². The van der Waals surface area contributed by atoms with Crippen LogP contribution in [0, 0.1) is 0 Å². The lowest BCUT2D eigenvalue weighted by Crippen LogP contribution is -2.33. The van der Waals surface area contributed by atoms with E-state index in [-0.39, 0.29) is 0 Å². The molecule has 4 aromatic rings. The molecule has 1 saturated heterocycles. The third-order valence-electron chi connectivity index (χ3n) is 6.66. The second kappa shape index (κ2) is 11.2. The summed E-state index contributed by atoms with van der Waals surface area (Å²) in [6.45, 7) is 8.04. The molecule has 0 N–H and O–H groups in total. The summed E-state index contributed by atoms with van der Waals surface area (Å²) in [7, 11) is 7.89. The Morgan fingerprint density at radius 1 is 0.775 bits per heavy atom. The Bertz CT molecular complexity index is 1640. The maximum Gasteiger partial charge on any atom is 0.183 e. The highest BCUT2D eigenvalue weighted by Gasteiger charge is 2.25. The maximum absolute atomic E-state index is 5.03. The highest BCUT2D eigenvalue weighted by Crippen LogP contribution is 2.27. The Labute approximate surface area is 234 Å². The molecule has 12 heteroatoms. The van der Waals surface area contributed by atoms with Crippen molar-refractivity contribution in [2.45, 2.75) is 33.6 Å². The van der Waals surface area contributed by atoms with Crippen LogP contribution in [0.5, 0.6) is 0 Å². The molecule has 6 rings (SSSR count). The van der Waals surface area contributed by atoms with E-state index in [2.05, 4.69) is 32.0 Å².